The molecule has 0 aliphatic carbocycles. The molecule has 0 N–H and O–H groups in total. The molecule has 0 aromatic heterocycles. The second-order valence-corrected chi connectivity index (χ2v) is 21.7. The van der Waals surface area contributed by atoms with Crippen LogP contribution >= 0.6 is 0 Å². The molecular formula is C31H58F2O2Si2. The number of hydrogen-bond acceptors (Lipinski definition) is 2. The van der Waals surface area contributed by atoms with Gasteiger partial charge in [-0.25, -0.2) is 4.39 Å². The molecule has 0 aliphatic rings. The van der Waals surface area contributed by atoms with E-state index in [4.69, 9.17) is 8.85 Å². The molecule has 0 aliphatic heterocycles. The van der Waals surface area contributed by atoms with Crippen molar-refractivity contribution >= 4 is 16.6 Å². The monoisotopic (exact) mass is 556 g/mol. The van der Waals surface area contributed by atoms with Crippen molar-refractivity contribution in [2.45, 2.75) is 119 Å². The van der Waals surface area contributed by atoms with Gasteiger partial charge in [-0.1, -0.05) is 86.5 Å². The highest BCUT2D eigenvalue weighted by Crippen LogP contribution is 2.30. The first-order valence-electron chi connectivity index (χ1n) is 14.4. The molecule has 3 atom stereocenters. The van der Waals surface area contributed by atoms with Gasteiger partial charge < -0.3 is 8.85 Å². The third-order valence-electron chi connectivity index (χ3n) is 7.61. The van der Waals surface area contributed by atoms with Crippen LogP contribution in [0.15, 0.2) is 47.8 Å². The Bertz CT molecular complexity index is 784. The Morgan fingerprint density at radius 1 is 0.838 bits per heavy atom. The van der Waals surface area contributed by atoms with Crippen LogP contribution in [-0.4, -0.2) is 23.2 Å². The average molecular weight is 557 g/mol. The summed E-state index contributed by atoms with van der Waals surface area (Å²) in [6.07, 6.45) is 7.54. The Labute approximate surface area is 230 Å². The van der Waals surface area contributed by atoms with E-state index in [1.54, 1.807) is 6.92 Å². The van der Waals surface area contributed by atoms with Crippen LogP contribution in [0.5, 0.6) is 0 Å². The quantitative estimate of drug-likeness (QED) is 0.0894. The van der Waals surface area contributed by atoms with Crippen molar-refractivity contribution < 1.29 is 17.6 Å². The van der Waals surface area contributed by atoms with E-state index in [9.17, 15) is 8.78 Å². The van der Waals surface area contributed by atoms with Crippen LogP contribution in [0.4, 0.5) is 8.78 Å². The standard InChI is InChI=1S/C31H58F2O2Si2/c1-14-24(4)19-21-36(10,11)35-37(12,13)22-20-34-29(9)31(33)30(32)28(8)27(7)18-17-26(6)25(5)16-15-23(2)3/h18,23-26H,8-9,14-17,19-22H2,1-7,10-13H3/b27-18+,31-30-. The van der Waals surface area contributed by atoms with Crippen LogP contribution in [0.2, 0.25) is 38.3 Å². The molecule has 37 heavy (non-hydrogen) atoms. The van der Waals surface area contributed by atoms with Crippen molar-refractivity contribution in [2.75, 3.05) is 6.61 Å². The summed E-state index contributed by atoms with van der Waals surface area (Å²) < 4.78 is 41.8. The van der Waals surface area contributed by atoms with E-state index >= 15 is 0 Å². The number of hydrogen-bond donors (Lipinski definition) is 0. The lowest BCUT2D eigenvalue weighted by atomic mass is 9.86. The predicted molar refractivity (Wildman–Crippen MR) is 164 cm³/mol. The molecule has 216 valence electrons. The fourth-order valence-corrected chi connectivity index (χ4v) is 12.7. The Morgan fingerprint density at radius 2 is 1.41 bits per heavy atom. The minimum absolute atomic E-state index is 0.0522. The smallest absolute Gasteiger partial charge is 0.200 e. The molecule has 3 unspecified atom stereocenters. The second-order valence-electron chi connectivity index (χ2n) is 12.9. The summed E-state index contributed by atoms with van der Waals surface area (Å²) in [5.74, 6) is 0.111. The zero-order valence-corrected chi connectivity index (χ0v) is 28.0. The molecule has 0 aromatic carbocycles. The summed E-state index contributed by atoms with van der Waals surface area (Å²) in [7, 11) is -3.77. The van der Waals surface area contributed by atoms with Gasteiger partial charge in [-0.2, -0.15) is 4.39 Å². The third-order valence-corrected chi connectivity index (χ3v) is 14.9. The topological polar surface area (TPSA) is 18.5 Å². The van der Waals surface area contributed by atoms with Gasteiger partial charge >= 0.3 is 0 Å². The van der Waals surface area contributed by atoms with E-state index in [0.717, 1.165) is 12.5 Å². The largest absolute Gasteiger partial charge is 0.491 e. The number of allylic oxidation sites excluding steroid dienone is 5. The molecule has 0 saturated carbocycles. The van der Waals surface area contributed by atoms with E-state index in [0.29, 0.717) is 35.3 Å². The summed E-state index contributed by atoms with van der Waals surface area (Å²) >= 11 is 0. The Balaban J connectivity index is 4.90. The highest BCUT2D eigenvalue weighted by molar-refractivity contribution is 6.84. The van der Waals surface area contributed by atoms with Gasteiger partial charge in [-0.3, -0.25) is 0 Å². The Kier molecular flexibility index (Phi) is 16.4. The molecule has 0 heterocycles. The van der Waals surface area contributed by atoms with Crippen LogP contribution in [0.25, 0.3) is 0 Å². The molecule has 0 radical (unpaired) electrons. The normalized spacial score (nSPS) is 16.3. The fraction of sp³-hybridized carbons (Fsp3) is 0.742. The molecule has 0 saturated heterocycles. The SMILES string of the molecule is C=C(OCC[Si](C)(C)O[Si](C)(C)CCC(C)CC)/C(F)=C(/F)C(=C)/C(C)=C/CC(C)C(C)CCC(C)C. The van der Waals surface area contributed by atoms with Gasteiger partial charge in [0.2, 0.25) is 5.83 Å². The van der Waals surface area contributed by atoms with E-state index in [1.807, 2.05) is 6.08 Å². The van der Waals surface area contributed by atoms with Crippen LogP contribution in [0.1, 0.15) is 80.6 Å². The second kappa shape index (κ2) is 16.9. The van der Waals surface area contributed by atoms with Crippen molar-refractivity contribution in [1.82, 2.24) is 0 Å². The zero-order valence-electron chi connectivity index (χ0n) is 26.0. The average Bonchev–Trinajstić information content (AvgIpc) is 2.81. The Morgan fingerprint density at radius 3 is 1.95 bits per heavy atom. The van der Waals surface area contributed by atoms with Crippen molar-refractivity contribution in [3.8, 4) is 0 Å². The lowest BCUT2D eigenvalue weighted by molar-refractivity contribution is 0.220. The predicted octanol–water partition coefficient (Wildman–Crippen LogP) is 11.1. The van der Waals surface area contributed by atoms with Gasteiger partial charge in [0.05, 0.1) is 6.61 Å². The van der Waals surface area contributed by atoms with Crippen molar-refractivity contribution in [2.24, 2.45) is 23.7 Å². The van der Waals surface area contributed by atoms with Gasteiger partial charge in [0.1, 0.15) is 0 Å². The molecule has 6 heteroatoms. The van der Waals surface area contributed by atoms with Crippen molar-refractivity contribution in [3.05, 3.63) is 47.8 Å². The minimum atomic E-state index is -2.00. The highest BCUT2D eigenvalue weighted by atomic mass is 28.4. The maximum atomic E-state index is 14.9. The van der Waals surface area contributed by atoms with Crippen LogP contribution in [-0.2, 0) is 8.85 Å². The minimum Gasteiger partial charge on any atom is -0.491 e. The summed E-state index contributed by atoms with van der Waals surface area (Å²) in [5.41, 5.74) is 0.700. The highest BCUT2D eigenvalue weighted by Gasteiger charge is 2.33. The first-order chi connectivity index (χ1) is 16.9. The summed E-state index contributed by atoms with van der Waals surface area (Å²) in [4.78, 5) is 0. The van der Waals surface area contributed by atoms with E-state index in [-0.39, 0.29) is 17.9 Å². The lowest BCUT2D eigenvalue weighted by Gasteiger charge is -2.34. The van der Waals surface area contributed by atoms with Crippen molar-refractivity contribution in [1.29, 1.82) is 0 Å². The number of rotatable bonds is 19. The fourth-order valence-electron chi connectivity index (χ4n) is 4.16. The zero-order chi connectivity index (χ0) is 29.0. The van der Waals surface area contributed by atoms with Gasteiger partial charge in [-0.15, -0.1) is 0 Å². The lowest BCUT2D eigenvalue weighted by Crippen LogP contribution is -2.45. The molecule has 0 rings (SSSR count). The molecule has 0 aromatic rings. The summed E-state index contributed by atoms with van der Waals surface area (Å²) in [5, 5.41) is 0. The van der Waals surface area contributed by atoms with E-state index in [2.05, 4.69) is 80.9 Å². The molecular weight excluding hydrogens is 499 g/mol. The number of halogens is 2. The van der Waals surface area contributed by atoms with Gasteiger partial charge in [-0.05, 0) is 80.9 Å². The maximum Gasteiger partial charge on any atom is 0.200 e. The first kappa shape index (κ1) is 36.0. The molecule has 0 amide bonds. The van der Waals surface area contributed by atoms with Gasteiger partial charge in [0.25, 0.3) is 0 Å². The van der Waals surface area contributed by atoms with Crippen LogP contribution < -0.4 is 0 Å². The Hall–Kier alpha value is -0.986. The van der Waals surface area contributed by atoms with E-state index in [1.165, 1.54) is 25.7 Å². The third kappa shape index (κ3) is 15.3. The molecule has 0 fully saturated rings. The first-order valence-corrected chi connectivity index (χ1v) is 20.6. The van der Waals surface area contributed by atoms with Gasteiger partial charge in [0, 0.05) is 5.57 Å². The van der Waals surface area contributed by atoms with Crippen LogP contribution in [0, 0.1) is 23.7 Å². The van der Waals surface area contributed by atoms with Crippen molar-refractivity contribution in [3.63, 3.8) is 0 Å². The van der Waals surface area contributed by atoms with Crippen LogP contribution in [0.3, 0.4) is 0 Å². The molecule has 2 nitrogen and oxygen atoms in total. The van der Waals surface area contributed by atoms with E-state index < -0.39 is 28.3 Å². The molecule has 0 bridgehead atoms. The molecule has 0 spiro atoms. The maximum absolute atomic E-state index is 14.9. The number of ether oxygens (including phenoxy) is 1. The summed E-state index contributed by atoms with van der Waals surface area (Å²) in [6.45, 7) is 31.8. The van der Waals surface area contributed by atoms with Gasteiger partial charge in [0.15, 0.2) is 28.2 Å². The summed E-state index contributed by atoms with van der Waals surface area (Å²) in [6, 6.07) is 1.84.